The minimum atomic E-state index is -0.265. The highest BCUT2D eigenvalue weighted by Gasteiger charge is 2.57. The van der Waals surface area contributed by atoms with E-state index < -0.39 is 0 Å². The Morgan fingerprint density at radius 1 is 1.29 bits per heavy atom. The van der Waals surface area contributed by atoms with Crippen LogP contribution in [0.2, 0.25) is 0 Å². The Morgan fingerprint density at radius 3 is 2.71 bits per heavy atom. The molecule has 2 aliphatic rings. The van der Waals surface area contributed by atoms with Gasteiger partial charge in [0.05, 0.1) is 6.10 Å². The molecule has 2 saturated carbocycles. The topological polar surface area (TPSA) is 66.5 Å². The van der Waals surface area contributed by atoms with Gasteiger partial charge in [-0.1, -0.05) is 37.6 Å². The predicted molar refractivity (Wildman–Crippen MR) is 98.2 cm³/mol. The van der Waals surface area contributed by atoms with Gasteiger partial charge in [-0.15, -0.1) is 0 Å². The van der Waals surface area contributed by atoms with E-state index in [9.17, 15) is 10.2 Å². The third kappa shape index (κ3) is 2.71. The second-order valence-corrected chi connectivity index (χ2v) is 8.49. The fourth-order valence-electron chi connectivity index (χ4n) is 5.23. The van der Waals surface area contributed by atoms with Crippen molar-refractivity contribution in [3.63, 3.8) is 0 Å². The zero-order chi connectivity index (χ0) is 17.5. The summed E-state index contributed by atoms with van der Waals surface area (Å²) in [5.74, 6) is 0.640. The van der Waals surface area contributed by atoms with Gasteiger partial charge >= 0.3 is 0 Å². The van der Waals surface area contributed by atoms with Crippen LogP contribution in [0, 0.1) is 12.3 Å². The number of aliphatic hydroxyl groups excluding tert-OH is 2. The van der Waals surface area contributed by atoms with Gasteiger partial charge in [-0.3, -0.25) is 0 Å². The third-order valence-electron chi connectivity index (χ3n) is 7.19. The van der Waals surface area contributed by atoms with E-state index in [4.69, 9.17) is 5.73 Å². The van der Waals surface area contributed by atoms with Gasteiger partial charge in [0.2, 0.25) is 0 Å². The number of aryl methyl sites for hydroxylation is 1. The van der Waals surface area contributed by atoms with Gasteiger partial charge < -0.3 is 15.9 Å². The summed E-state index contributed by atoms with van der Waals surface area (Å²) in [5, 5.41) is 20.3. The zero-order valence-electron chi connectivity index (χ0n) is 15.4. The van der Waals surface area contributed by atoms with Crippen molar-refractivity contribution in [2.45, 2.75) is 82.8 Å². The van der Waals surface area contributed by atoms with Crippen molar-refractivity contribution < 1.29 is 10.2 Å². The highest BCUT2D eigenvalue weighted by atomic mass is 16.3. The molecule has 24 heavy (non-hydrogen) atoms. The zero-order valence-corrected chi connectivity index (χ0v) is 15.4. The summed E-state index contributed by atoms with van der Waals surface area (Å²) in [6, 6.07) is 6.69. The molecule has 0 saturated heterocycles. The van der Waals surface area contributed by atoms with E-state index in [-0.39, 0.29) is 29.6 Å². The molecule has 134 valence electrons. The van der Waals surface area contributed by atoms with Gasteiger partial charge in [0.15, 0.2) is 0 Å². The van der Waals surface area contributed by atoms with Crippen molar-refractivity contribution in [2.24, 2.45) is 11.1 Å². The first kappa shape index (κ1) is 17.9. The summed E-state index contributed by atoms with van der Waals surface area (Å²) in [6.45, 7) is 6.64. The number of rotatable bonds is 4. The molecule has 2 aliphatic carbocycles. The molecule has 1 aromatic rings. The fraction of sp³-hybridized carbons (Fsp3) is 0.714. The second kappa shape index (κ2) is 6.44. The first-order valence-electron chi connectivity index (χ1n) is 9.53. The largest absolute Gasteiger partial charge is 0.396 e. The number of nitrogens with two attached hydrogens (primary N) is 1. The van der Waals surface area contributed by atoms with E-state index in [1.54, 1.807) is 0 Å². The van der Waals surface area contributed by atoms with Gasteiger partial charge in [0.1, 0.15) is 0 Å². The normalized spacial score (nSPS) is 37.2. The van der Waals surface area contributed by atoms with Crippen molar-refractivity contribution >= 4 is 0 Å². The van der Waals surface area contributed by atoms with Crippen molar-refractivity contribution in [2.75, 3.05) is 6.61 Å². The van der Waals surface area contributed by atoms with E-state index >= 15 is 0 Å². The van der Waals surface area contributed by atoms with E-state index in [1.165, 1.54) is 16.7 Å². The number of hydrogen-bond donors (Lipinski definition) is 3. The molecule has 3 heteroatoms. The van der Waals surface area contributed by atoms with Crippen molar-refractivity contribution in [1.82, 2.24) is 0 Å². The molecule has 3 nitrogen and oxygen atoms in total. The summed E-state index contributed by atoms with van der Waals surface area (Å²) in [6.07, 6.45) is 5.43. The number of benzene rings is 1. The summed E-state index contributed by atoms with van der Waals surface area (Å²) in [5.41, 5.74) is 10.3. The summed E-state index contributed by atoms with van der Waals surface area (Å²) in [4.78, 5) is 0. The van der Waals surface area contributed by atoms with Crippen molar-refractivity contribution in [1.29, 1.82) is 0 Å². The van der Waals surface area contributed by atoms with Crippen LogP contribution in [0.25, 0.3) is 0 Å². The molecule has 0 bridgehead atoms. The van der Waals surface area contributed by atoms with E-state index in [2.05, 4.69) is 39.0 Å². The molecule has 0 heterocycles. The molecule has 0 aliphatic heterocycles. The molecular formula is C21H33NO2. The monoisotopic (exact) mass is 331 g/mol. The van der Waals surface area contributed by atoms with Crippen LogP contribution in [-0.2, 0) is 0 Å². The molecule has 0 amide bonds. The Hall–Kier alpha value is -0.900. The maximum atomic E-state index is 10.4. The van der Waals surface area contributed by atoms with E-state index in [0.717, 1.165) is 38.5 Å². The molecule has 1 aromatic carbocycles. The molecule has 5 atom stereocenters. The summed E-state index contributed by atoms with van der Waals surface area (Å²) >= 11 is 0. The van der Waals surface area contributed by atoms with Crippen LogP contribution in [0.4, 0.5) is 0 Å². The van der Waals surface area contributed by atoms with Crippen LogP contribution in [0.5, 0.6) is 0 Å². The molecule has 3 rings (SSSR count). The smallest absolute Gasteiger partial charge is 0.0612 e. The lowest BCUT2D eigenvalue weighted by molar-refractivity contribution is -0.00603. The molecule has 0 radical (unpaired) electrons. The molecule has 4 N–H and O–H groups in total. The first-order valence-corrected chi connectivity index (χ1v) is 9.53. The third-order valence-corrected chi connectivity index (χ3v) is 7.19. The quantitative estimate of drug-likeness (QED) is 0.789. The highest BCUT2D eigenvalue weighted by molar-refractivity contribution is 5.38. The summed E-state index contributed by atoms with van der Waals surface area (Å²) in [7, 11) is 0. The van der Waals surface area contributed by atoms with E-state index in [1.807, 2.05) is 0 Å². The molecule has 0 spiro atoms. The van der Waals surface area contributed by atoms with Gasteiger partial charge in [0.25, 0.3) is 0 Å². The predicted octanol–water partition coefficient (Wildman–Crippen LogP) is 3.61. The fourth-order valence-corrected chi connectivity index (χ4v) is 5.23. The number of aliphatic hydroxyl groups is 2. The van der Waals surface area contributed by atoms with Crippen LogP contribution in [0.1, 0.15) is 80.9 Å². The Labute approximate surface area is 146 Å². The number of hydrogen-bond acceptors (Lipinski definition) is 3. The van der Waals surface area contributed by atoms with Crippen molar-refractivity contribution in [3.8, 4) is 0 Å². The average Bonchev–Trinajstić information content (AvgIpc) is 2.80. The average molecular weight is 332 g/mol. The van der Waals surface area contributed by atoms with Gasteiger partial charge in [0, 0.05) is 23.5 Å². The lowest BCUT2D eigenvalue weighted by Crippen LogP contribution is -2.57. The maximum absolute atomic E-state index is 10.4. The van der Waals surface area contributed by atoms with Crippen LogP contribution in [-0.4, -0.2) is 28.5 Å². The molecule has 0 unspecified atom stereocenters. The second-order valence-electron chi connectivity index (χ2n) is 8.49. The molecule has 2 fully saturated rings. The minimum Gasteiger partial charge on any atom is -0.396 e. The Bertz CT molecular complexity index is 598. The van der Waals surface area contributed by atoms with Crippen LogP contribution in [0.3, 0.4) is 0 Å². The lowest BCUT2D eigenvalue weighted by Gasteiger charge is -2.49. The van der Waals surface area contributed by atoms with E-state index in [0.29, 0.717) is 5.92 Å². The maximum Gasteiger partial charge on any atom is 0.0612 e. The first-order chi connectivity index (χ1) is 11.3. The van der Waals surface area contributed by atoms with Gasteiger partial charge in [-0.2, -0.15) is 0 Å². The summed E-state index contributed by atoms with van der Waals surface area (Å²) < 4.78 is 0. The van der Waals surface area contributed by atoms with Crippen molar-refractivity contribution in [3.05, 3.63) is 34.9 Å². The molecule has 0 aromatic heterocycles. The Balaban J connectivity index is 1.94. The Morgan fingerprint density at radius 2 is 2.04 bits per heavy atom. The SMILES string of the molecule is CC[C@H](CO)c1cc(C)ccc1[C@H]1CC[C@]2(C)[C@@H](O)CC[C@@]2(N)C1. The van der Waals surface area contributed by atoms with Crippen LogP contribution >= 0.6 is 0 Å². The highest BCUT2D eigenvalue weighted by Crippen LogP contribution is 2.57. The van der Waals surface area contributed by atoms with Gasteiger partial charge in [-0.05, 0) is 62.5 Å². The standard InChI is InChI=1S/C21H33NO2/c1-4-15(13-23)18-11-14(2)5-6-17(18)16-7-9-20(3)19(24)8-10-21(20,22)12-16/h5-6,11,15-16,19,23-24H,4,7-10,12-13,22H2,1-3H3/t15-,16+,19+,20-,21-/m1/s1. The van der Waals surface area contributed by atoms with Crippen LogP contribution in [0.15, 0.2) is 18.2 Å². The van der Waals surface area contributed by atoms with Crippen LogP contribution < -0.4 is 5.73 Å². The van der Waals surface area contributed by atoms with Gasteiger partial charge in [-0.25, -0.2) is 0 Å². The minimum absolute atomic E-state index is 0.143. The Kier molecular flexibility index (Phi) is 4.80. The number of fused-ring (bicyclic) bond motifs is 1. The lowest BCUT2D eigenvalue weighted by atomic mass is 9.59. The molecular weight excluding hydrogens is 298 g/mol.